The van der Waals surface area contributed by atoms with Gasteiger partial charge in [-0.3, -0.25) is 9.59 Å². The van der Waals surface area contributed by atoms with Gasteiger partial charge in [-0.05, 0) is 55.9 Å². The van der Waals surface area contributed by atoms with Crippen LogP contribution in [0.15, 0.2) is 16.8 Å². The second-order valence-electron chi connectivity index (χ2n) is 7.33. The van der Waals surface area contributed by atoms with Crippen LogP contribution in [0.3, 0.4) is 0 Å². The van der Waals surface area contributed by atoms with Gasteiger partial charge in [0.15, 0.2) is 0 Å². The second-order valence-corrected chi connectivity index (χ2v) is 8.11. The molecule has 2 amide bonds. The number of amides is 2. The number of carbonyl (C=O) groups excluding carboxylic acids is 2. The van der Waals surface area contributed by atoms with Gasteiger partial charge in [0.2, 0.25) is 5.91 Å². The van der Waals surface area contributed by atoms with Gasteiger partial charge in [0.1, 0.15) is 0 Å². The lowest BCUT2D eigenvalue weighted by atomic mass is 9.87. The number of hydrogen-bond donors (Lipinski definition) is 0. The first-order valence-electron chi connectivity index (χ1n) is 8.80. The molecule has 0 radical (unpaired) electrons. The summed E-state index contributed by atoms with van der Waals surface area (Å²) in [5, 5.41) is 3.89. The topological polar surface area (TPSA) is 40.6 Å². The summed E-state index contributed by atoms with van der Waals surface area (Å²) in [6.45, 7) is 2.56. The average molecular weight is 332 g/mol. The third-order valence-corrected chi connectivity index (χ3v) is 6.47. The first-order valence-corrected chi connectivity index (χ1v) is 9.74. The Morgan fingerprint density at radius 3 is 2.87 bits per heavy atom. The molecular formula is C18H24N2O2S. The van der Waals surface area contributed by atoms with E-state index in [1.807, 2.05) is 21.7 Å². The average Bonchev–Trinajstić information content (AvgIpc) is 3.18. The van der Waals surface area contributed by atoms with Crippen molar-refractivity contribution in [3.8, 4) is 0 Å². The van der Waals surface area contributed by atoms with Crippen LogP contribution in [0, 0.1) is 5.92 Å². The van der Waals surface area contributed by atoms with E-state index >= 15 is 0 Å². The highest BCUT2D eigenvalue weighted by molar-refractivity contribution is 7.08. The van der Waals surface area contributed by atoms with Crippen molar-refractivity contribution in [2.45, 2.75) is 50.5 Å². The molecular weight excluding hydrogens is 308 g/mol. The Bertz CT molecular complexity index is 596. The number of carbonyl (C=O) groups is 2. The Hall–Kier alpha value is -1.36. The Balaban J connectivity index is 1.47. The molecule has 1 aromatic rings. The molecule has 2 saturated heterocycles. The summed E-state index contributed by atoms with van der Waals surface area (Å²) < 4.78 is 0. The minimum absolute atomic E-state index is 0.0311. The summed E-state index contributed by atoms with van der Waals surface area (Å²) in [5.41, 5.74) is 0.840. The van der Waals surface area contributed by atoms with Crippen molar-refractivity contribution in [1.82, 2.24) is 9.80 Å². The molecule has 0 aromatic carbocycles. The summed E-state index contributed by atoms with van der Waals surface area (Å²) in [4.78, 5) is 29.2. The molecule has 1 saturated carbocycles. The molecule has 0 bridgehead atoms. The number of nitrogens with zero attached hydrogens (tertiary/aromatic N) is 2. The predicted molar refractivity (Wildman–Crippen MR) is 90.5 cm³/mol. The molecule has 3 fully saturated rings. The minimum Gasteiger partial charge on any atom is -0.339 e. The Morgan fingerprint density at radius 2 is 2.13 bits per heavy atom. The van der Waals surface area contributed by atoms with E-state index in [0.29, 0.717) is 12.3 Å². The van der Waals surface area contributed by atoms with Crippen LogP contribution in [-0.4, -0.2) is 46.8 Å². The molecule has 1 unspecified atom stereocenters. The van der Waals surface area contributed by atoms with Gasteiger partial charge in [-0.2, -0.15) is 11.3 Å². The van der Waals surface area contributed by atoms with Crippen LogP contribution in [0.25, 0.3) is 0 Å². The third-order valence-electron chi connectivity index (χ3n) is 5.79. The van der Waals surface area contributed by atoms with Crippen molar-refractivity contribution in [3.63, 3.8) is 0 Å². The van der Waals surface area contributed by atoms with Gasteiger partial charge < -0.3 is 9.80 Å². The fraction of sp³-hybridized carbons (Fsp3) is 0.667. The fourth-order valence-electron chi connectivity index (χ4n) is 4.20. The van der Waals surface area contributed by atoms with Gasteiger partial charge in [-0.1, -0.05) is 0 Å². The summed E-state index contributed by atoms with van der Waals surface area (Å²) in [6, 6.07) is 1.91. The Labute approximate surface area is 141 Å². The molecule has 0 N–H and O–H groups in total. The summed E-state index contributed by atoms with van der Waals surface area (Å²) in [7, 11) is 0. The van der Waals surface area contributed by atoms with E-state index in [-0.39, 0.29) is 11.4 Å². The highest BCUT2D eigenvalue weighted by Crippen LogP contribution is 2.42. The van der Waals surface area contributed by atoms with Crippen LogP contribution < -0.4 is 0 Å². The lowest BCUT2D eigenvalue weighted by Crippen LogP contribution is -2.47. The van der Waals surface area contributed by atoms with Gasteiger partial charge in [0.25, 0.3) is 5.91 Å². The van der Waals surface area contributed by atoms with Crippen LogP contribution >= 0.6 is 11.3 Å². The maximum Gasteiger partial charge on any atom is 0.254 e. The largest absolute Gasteiger partial charge is 0.339 e. The molecule has 2 aliphatic heterocycles. The molecule has 124 valence electrons. The van der Waals surface area contributed by atoms with Gasteiger partial charge >= 0.3 is 0 Å². The number of likely N-dealkylation sites (tertiary alicyclic amines) is 2. The van der Waals surface area contributed by atoms with Gasteiger partial charge in [-0.15, -0.1) is 0 Å². The van der Waals surface area contributed by atoms with Crippen LogP contribution in [0.5, 0.6) is 0 Å². The molecule has 5 heteroatoms. The van der Waals surface area contributed by atoms with E-state index < -0.39 is 0 Å². The standard InChI is InChI=1S/C18H24N2O2S/c21-16-4-7-18(20(16)12-14-2-3-14)6-1-9-19(10-8-18)17(22)15-5-11-23-13-15/h5,11,13-14H,1-4,6-10,12H2. The molecule has 1 spiro atoms. The highest BCUT2D eigenvalue weighted by atomic mass is 32.1. The summed E-state index contributed by atoms with van der Waals surface area (Å²) in [5.74, 6) is 1.23. The van der Waals surface area contributed by atoms with Crippen molar-refractivity contribution in [3.05, 3.63) is 22.4 Å². The fourth-order valence-corrected chi connectivity index (χ4v) is 4.83. The van der Waals surface area contributed by atoms with E-state index in [0.717, 1.165) is 56.8 Å². The van der Waals surface area contributed by atoms with Gasteiger partial charge in [0, 0.05) is 37.0 Å². The normalized spacial score (nSPS) is 28.4. The lowest BCUT2D eigenvalue weighted by molar-refractivity contribution is -0.131. The number of thiophene rings is 1. The van der Waals surface area contributed by atoms with Crippen molar-refractivity contribution < 1.29 is 9.59 Å². The zero-order chi connectivity index (χ0) is 15.9. The van der Waals surface area contributed by atoms with Crippen molar-refractivity contribution >= 4 is 23.2 Å². The molecule has 4 rings (SSSR count). The van der Waals surface area contributed by atoms with E-state index in [9.17, 15) is 9.59 Å². The maximum absolute atomic E-state index is 12.6. The molecule has 4 nitrogen and oxygen atoms in total. The second kappa shape index (κ2) is 5.93. The van der Waals surface area contributed by atoms with E-state index in [1.54, 1.807) is 11.3 Å². The first kappa shape index (κ1) is 15.2. The van der Waals surface area contributed by atoms with Gasteiger partial charge in [0.05, 0.1) is 5.56 Å². The molecule has 23 heavy (non-hydrogen) atoms. The summed E-state index contributed by atoms with van der Waals surface area (Å²) >= 11 is 1.57. The van der Waals surface area contributed by atoms with Crippen LogP contribution in [-0.2, 0) is 4.79 Å². The minimum atomic E-state index is 0.0311. The SMILES string of the molecule is O=C(c1ccsc1)N1CCCC2(CCC(=O)N2CC2CC2)CC1. The Kier molecular flexibility index (Phi) is 3.92. The van der Waals surface area contributed by atoms with Crippen molar-refractivity contribution in [1.29, 1.82) is 0 Å². The Morgan fingerprint density at radius 1 is 1.26 bits per heavy atom. The van der Waals surface area contributed by atoms with E-state index in [1.165, 1.54) is 12.8 Å². The smallest absolute Gasteiger partial charge is 0.254 e. The van der Waals surface area contributed by atoms with Crippen molar-refractivity contribution in [2.24, 2.45) is 5.92 Å². The summed E-state index contributed by atoms with van der Waals surface area (Å²) in [6.07, 6.45) is 7.25. The lowest BCUT2D eigenvalue weighted by Gasteiger charge is -2.38. The van der Waals surface area contributed by atoms with Crippen molar-refractivity contribution in [2.75, 3.05) is 19.6 Å². The molecule has 3 heterocycles. The molecule has 1 aromatic heterocycles. The highest BCUT2D eigenvalue weighted by Gasteiger charge is 2.47. The number of hydrogen-bond acceptors (Lipinski definition) is 3. The zero-order valence-corrected chi connectivity index (χ0v) is 14.3. The van der Waals surface area contributed by atoms with Crippen LogP contribution in [0.1, 0.15) is 55.3 Å². The first-order chi connectivity index (χ1) is 11.2. The van der Waals surface area contributed by atoms with Gasteiger partial charge in [-0.25, -0.2) is 0 Å². The molecule has 1 atom stereocenters. The number of rotatable bonds is 3. The molecule has 1 aliphatic carbocycles. The molecule has 3 aliphatic rings. The third kappa shape index (κ3) is 2.91. The monoisotopic (exact) mass is 332 g/mol. The van der Waals surface area contributed by atoms with Crippen LogP contribution in [0.4, 0.5) is 0 Å². The zero-order valence-electron chi connectivity index (χ0n) is 13.5. The van der Waals surface area contributed by atoms with E-state index in [2.05, 4.69) is 4.90 Å². The predicted octanol–water partition coefficient (Wildman–Crippen LogP) is 3.15. The quantitative estimate of drug-likeness (QED) is 0.853. The van der Waals surface area contributed by atoms with E-state index in [4.69, 9.17) is 0 Å². The maximum atomic E-state index is 12.6. The van der Waals surface area contributed by atoms with Crippen LogP contribution in [0.2, 0.25) is 0 Å².